The number of rotatable bonds is 7. The van der Waals surface area contributed by atoms with E-state index in [1.54, 1.807) is 36.8 Å². The van der Waals surface area contributed by atoms with Gasteiger partial charge in [0.25, 0.3) is 5.91 Å². The van der Waals surface area contributed by atoms with E-state index in [0.717, 1.165) is 16.8 Å². The Balaban J connectivity index is 1.46. The number of phenolic OH excluding ortho intramolecular Hbond substituents is 1. The largest absolute Gasteiger partial charge is 0.508 e. The first-order chi connectivity index (χ1) is 14.1. The highest BCUT2D eigenvalue weighted by Gasteiger charge is 2.28. The fourth-order valence-electron chi connectivity index (χ4n) is 3.19. The lowest BCUT2D eigenvalue weighted by Gasteiger charge is -2.11. The van der Waals surface area contributed by atoms with Gasteiger partial charge in [0.2, 0.25) is 0 Å². The number of azo groups is 1. The Labute approximate surface area is 167 Å². The lowest BCUT2D eigenvalue weighted by atomic mass is 9.99. The summed E-state index contributed by atoms with van der Waals surface area (Å²) in [5, 5.41) is 20.9. The number of nitrogens with one attached hydrogen (secondary N) is 1. The minimum atomic E-state index is -0.539. The zero-order valence-corrected chi connectivity index (χ0v) is 15.6. The van der Waals surface area contributed by atoms with Crippen LogP contribution in [0.15, 0.2) is 88.9 Å². The van der Waals surface area contributed by atoms with Gasteiger partial charge in [-0.3, -0.25) is 4.79 Å². The molecule has 4 N–H and O–H groups in total. The van der Waals surface area contributed by atoms with Crippen molar-refractivity contribution in [1.29, 1.82) is 0 Å². The number of primary amides is 1. The molecule has 2 heterocycles. The standard InChI is InChI=1S/C21H20N6O2/c22-20(29)19-18(11-14-1-5-16(6-2-14)27-10-9-23-13-27)25-26-21(19)24-12-15-3-7-17(28)8-4-15/h1-10,13,18,24,28H,11-12H2,(H2,22,29). The number of carbonyl (C=O) groups excluding carboxylic acids is 1. The molecule has 1 aliphatic heterocycles. The number of phenols is 1. The van der Waals surface area contributed by atoms with Crippen molar-refractivity contribution in [2.45, 2.75) is 19.0 Å². The summed E-state index contributed by atoms with van der Waals surface area (Å²) in [6.07, 6.45) is 5.86. The lowest BCUT2D eigenvalue weighted by molar-refractivity contribution is -0.114. The first-order valence-electron chi connectivity index (χ1n) is 9.14. The van der Waals surface area contributed by atoms with Crippen LogP contribution in [0.4, 0.5) is 0 Å². The minimum absolute atomic E-state index is 0.200. The summed E-state index contributed by atoms with van der Waals surface area (Å²) in [7, 11) is 0. The number of aromatic hydroxyl groups is 1. The number of aromatic nitrogens is 2. The van der Waals surface area contributed by atoms with Crippen molar-refractivity contribution in [1.82, 2.24) is 14.9 Å². The molecule has 29 heavy (non-hydrogen) atoms. The summed E-state index contributed by atoms with van der Waals surface area (Å²) in [6, 6.07) is 14.3. The molecule has 4 rings (SSSR count). The molecule has 1 atom stereocenters. The van der Waals surface area contributed by atoms with Gasteiger partial charge in [0.1, 0.15) is 11.8 Å². The normalized spacial score (nSPS) is 15.7. The zero-order chi connectivity index (χ0) is 20.2. The fraction of sp³-hybridized carbons (Fsp3) is 0.143. The Bertz CT molecular complexity index is 1050. The maximum absolute atomic E-state index is 12.0. The van der Waals surface area contributed by atoms with Crippen LogP contribution in [0.3, 0.4) is 0 Å². The Morgan fingerprint density at radius 3 is 2.48 bits per heavy atom. The monoisotopic (exact) mass is 388 g/mol. The third kappa shape index (κ3) is 4.16. The number of hydrogen-bond donors (Lipinski definition) is 3. The van der Waals surface area contributed by atoms with Crippen molar-refractivity contribution < 1.29 is 9.90 Å². The van der Waals surface area contributed by atoms with Crippen molar-refractivity contribution in [3.63, 3.8) is 0 Å². The second-order valence-corrected chi connectivity index (χ2v) is 6.72. The van der Waals surface area contributed by atoms with Gasteiger partial charge in [0.05, 0.1) is 11.9 Å². The summed E-state index contributed by atoms with van der Waals surface area (Å²) in [5.74, 6) is 0.0549. The number of carbonyl (C=O) groups is 1. The van der Waals surface area contributed by atoms with Crippen LogP contribution >= 0.6 is 0 Å². The Morgan fingerprint density at radius 2 is 1.83 bits per heavy atom. The lowest BCUT2D eigenvalue weighted by Crippen LogP contribution is -2.26. The van der Waals surface area contributed by atoms with Crippen LogP contribution in [0.2, 0.25) is 0 Å². The van der Waals surface area contributed by atoms with Crippen molar-refractivity contribution in [2.24, 2.45) is 16.0 Å². The van der Waals surface area contributed by atoms with E-state index in [1.165, 1.54) is 0 Å². The molecule has 0 spiro atoms. The SMILES string of the molecule is NC(=O)C1=C(NCc2ccc(O)cc2)N=NC1Cc1ccc(-n2ccnc2)cc1. The summed E-state index contributed by atoms with van der Waals surface area (Å²) in [6.45, 7) is 0.442. The summed E-state index contributed by atoms with van der Waals surface area (Å²) >= 11 is 0. The van der Waals surface area contributed by atoms with Gasteiger partial charge in [-0.2, -0.15) is 5.11 Å². The molecule has 8 heteroatoms. The van der Waals surface area contributed by atoms with E-state index in [0.29, 0.717) is 24.4 Å². The number of benzene rings is 2. The molecule has 0 aliphatic carbocycles. The smallest absolute Gasteiger partial charge is 0.250 e. The van der Waals surface area contributed by atoms with Gasteiger partial charge >= 0.3 is 0 Å². The van der Waals surface area contributed by atoms with Gasteiger partial charge in [-0.05, 0) is 35.4 Å². The van der Waals surface area contributed by atoms with E-state index >= 15 is 0 Å². The Hall–Kier alpha value is -3.94. The van der Waals surface area contributed by atoms with E-state index in [4.69, 9.17) is 5.73 Å². The van der Waals surface area contributed by atoms with Gasteiger partial charge < -0.3 is 20.7 Å². The highest BCUT2D eigenvalue weighted by molar-refractivity contribution is 5.94. The van der Waals surface area contributed by atoms with Crippen LogP contribution < -0.4 is 11.1 Å². The molecule has 0 saturated carbocycles. The van der Waals surface area contributed by atoms with E-state index in [9.17, 15) is 9.90 Å². The molecule has 146 valence electrons. The fourth-order valence-corrected chi connectivity index (χ4v) is 3.19. The third-order valence-electron chi connectivity index (χ3n) is 4.72. The maximum Gasteiger partial charge on any atom is 0.250 e. The van der Waals surface area contributed by atoms with Crippen LogP contribution in [0.5, 0.6) is 5.75 Å². The number of imidazole rings is 1. The van der Waals surface area contributed by atoms with Crippen LogP contribution in [0.1, 0.15) is 11.1 Å². The van der Waals surface area contributed by atoms with E-state index in [2.05, 4.69) is 20.5 Å². The average Bonchev–Trinajstić information content (AvgIpc) is 3.38. The molecule has 1 unspecified atom stereocenters. The van der Waals surface area contributed by atoms with Crippen LogP contribution in [0.25, 0.3) is 5.69 Å². The molecule has 0 bridgehead atoms. The highest BCUT2D eigenvalue weighted by Crippen LogP contribution is 2.24. The zero-order valence-electron chi connectivity index (χ0n) is 15.6. The molecule has 8 nitrogen and oxygen atoms in total. The summed E-state index contributed by atoms with van der Waals surface area (Å²) in [5.41, 5.74) is 8.95. The van der Waals surface area contributed by atoms with Gasteiger partial charge in [-0.1, -0.05) is 24.3 Å². The van der Waals surface area contributed by atoms with Gasteiger partial charge in [-0.15, -0.1) is 5.11 Å². The van der Waals surface area contributed by atoms with Crippen molar-refractivity contribution in [2.75, 3.05) is 0 Å². The molecule has 1 aliphatic rings. The summed E-state index contributed by atoms with van der Waals surface area (Å²) < 4.78 is 1.92. The van der Waals surface area contributed by atoms with Crippen molar-refractivity contribution >= 4 is 5.91 Å². The highest BCUT2D eigenvalue weighted by atomic mass is 16.3. The van der Waals surface area contributed by atoms with Gasteiger partial charge in [-0.25, -0.2) is 4.98 Å². The minimum Gasteiger partial charge on any atom is -0.508 e. The third-order valence-corrected chi connectivity index (χ3v) is 4.72. The molecule has 1 amide bonds. The second-order valence-electron chi connectivity index (χ2n) is 6.72. The van der Waals surface area contributed by atoms with E-state index in [1.807, 2.05) is 35.0 Å². The Kier molecular flexibility index (Phi) is 5.07. The second kappa shape index (κ2) is 7.97. The number of amides is 1. The van der Waals surface area contributed by atoms with Crippen LogP contribution in [-0.4, -0.2) is 26.6 Å². The number of nitrogens with two attached hydrogens (primary N) is 1. The first-order valence-corrected chi connectivity index (χ1v) is 9.14. The van der Waals surface area contributed by atoms with Crippen LogP contribution in [-0.2, 0) is 17.8 Å². The number of hydrogen-bond acceptors (Lipinski definition) is 6. The summed E-state index contributed by atoms with van der Waals surface area (Å²) in [4.78, 5) is 16.1. The van der Waals surface area contributed by atoms with Crippen molar-refractivity contribution in [3.05, 3.63) is 89.8 Å². The molecule has 2 aromatic carbocycles. The molecule has 3 aromatic rings. The maximum atomic E-state index is 12.0. The predicted octanol–water partition coefficient (Wildman–Crippen LogP) is 2.44. The van der Waals surface area contributed by atoms with Crippen molar-refractivity contribution in [3.8, 4) is 11.4 Å². The first kappa shape index (κ1) is 18.4. The van der Waals surface area contributed by atoms with Gasteiger partial charge in [0.15, 0.2) is 5.82 Å². The molecular weight excluding hydrogens is 368 g/mol. The topological polar surface area (TPSA) is 118 Å². The molecular formula is C21H20N6O2. The van der Waals surface area contributed by atoms with Crippen LogP contribution in [0, 0.1) is 0 Å². The molecule has 0 fully saturated rings. The number of nitrogens with zero attached hydrogens (tertiary/aromatic N) is 4. The van der Waals surface area contributed by atoms with E-state index in [-0.39, 0.29) is 5.75 Å². The molecule has 1 aromatic heterocycles. The molecule has 0 saturated heterocycles. The Morgan fingerprint density at radius 1 is 1.10 bits per heavy atom. The quantitative estimate of drug-likeness (QED) is 0.576. The van der Waals surface area contributed by atoms with E-state index < -0.39 is 11.9 Å². The predicted molar refractivity (Wildman–Crippen MR) is 107 cm³/mol. The average molecular weight is 388 g/mol. The van der Waals surface area contributed by atoms with Gasteiger partial charge in [0, 0.05) is 31.0 Å². The molecule has 0 radical (unpaired) electrons.